The van der Waals surface area contributed by atoms with Gasteiger partial charge < -0.3 is 10.0 Å². The first-order chi connectivity index (χ1) is 9.02. The van der Waals surface area contributed by atoms with E-state index in [9.17, 15) is 18.3 Å². The van der Waals surface area contributed by atoms with Crippen LogP contribution >= 0.6 is 0 Å². The summed E-state index contributed by atoms with van der Waals surface area (Å²) in [5.74, 6) is 0. The van der Waals surface area contributed by atoms with Crippen molar-refractivity contribution in [3.8, 4) is 0 Å². The van der Waals surface area contributed by atoms with Crippen LogP contribution in [0.15, 0.2) is 24.3 Å². The van der Waals surface area contributed by atoms with E-state index in [1.54, 1.807) is 12.1 Å². The molecule has 1 aromatic carbocycles. The number of nitrogens with one attached hydrogen (secondary N) is 1. The molecule has 1 aliphatic rings. The van der Waals surface area contributed by atoms with Gasteiger partial charge in [0.05, 0.1) is 18.7 Å². The summed E-state index contributed by atoms with van der Waals surface area (Å²) in [4.78, 5) is 1.06. The van der Waals surface area contributed by atoms with Crippen molar-refractivity contribution in [2.75, 3.05) is 13.2 Å². The van der Waals surface area contributed by atoms with Crippen molar-refractivity contribution < 1.29 is 23.2 Å². The third-order valence-electron chi connectivity index (χ3n) is 3.84. The number of rotatable bonds is 3. The molecule has 0 saturated carbocycles. The van der Waals surface area contributed by atoms with Crippen molar-refractivity contribution in [3.63, 3.8) is 0 Å². The molecular formula is C14H19F3NO+. The van der Waals surface area contributed by atoms with Gasteiger partial charge in [0, 0.05) is 12.0 Å². The number of alkyl halides is 3. The minimum absolute atomic E-state index is 0.0452. The topological polar surface area (TPSA) is 24.7 Å². The summed E-state index contributed by atoms with van der Waals surface area (Å²) < 4.78 is 38.8. The van der Waals surface area contributed by atoms with Gasteiger partial charge in [0.15, 0.2) is 0 Å². The van der Waals surface area contributed by atoms with Crippen molar-refractivity contribution in [3.05, 3.63) is 35.4 Å². The molecule has 0 bridgehead atoms. The highest BCUT2D eigenvalue weighted by Gasteiger charge is 2.35. The van der Waals surface area contributed by atoms with E-state index in [2.05, 4.69) is 0 Å². The molecule has 2 atom stereocenters. The molecule has 5 heteroatoms. The Morgan fingerprint density at radius 2 is 1.95 bits per heavy atom. The van der Waals surface area contributed by atoms with E-state index >= 15 is 0 Å². The standard InChI is InChI=1S/C14H18F3NO/c15-14(16,17)13-7-2-1-5-11(13)9-18-8-4-3-6-12(18)10-19/h1-2,5,7,12,19H,3-4,6,8-10H2/p+1/t12-/m1/s1. The molecule has 0 radical (unpaired) electrons. The van der Waals surface area contributed by atoms with E-state index in [0.29, 0.717) is 12.1 Å². The first kappa shape index (κ1) is 14.3. The second-order valence-corrected chi connectivity index (χ2v) is 5.12. The molecule has 1 saturated heterocycles. The molecule has 2 N–H and O–H groups in total. The molecule has 1 aromatic rings. The van der Waals surface area contributed by atoms with Crippen LogP contribution in [0.25, 0.3) is 0 Å². The Hall–Kier alpha value is -1.07. The maximum Gasteiger partial charge on any atom is 0.416 e. The Labute approximate surface area is 110 Å². The van der Waals surface area contributed by atoms with Gasteiger partial charge in [0.1, 0.15) is 12.6 Å². The van der Waals surface area contributed by atoms with Crippen LogP contribution in [-0.4, -0.2) is 24.3 Å². The van der Waals surface area contributed by atoms with Gasteiger partial charge in [-0.3, -0.25) is 0 Å². The lowest BCUT2D eigenvalue weighted by Gasteiger charge is -2.32. The monoisotopic (exact) mass is 274 g/mol. The highest BCUT2D eigenvalue weighted by atomic mass is 19.4. The van der Waals surface area contributed by atoms with Gasteiger partial charge in [-0.25, -0.2) is 0 Å². The third-order valence-corrected chi connectivity index (χ3v) is 3.84. The summed E-state index contributed by atoms with van der Waals surface area (Å²) in [6.07, 6.45) is -1.35. The Bertz CT molecular complexity index is 419. The molecule has 0 aromatic heterocycles. The largest absolute Gasteiger partial charge is 0.416 e. The number of piperidine rings is 1. The zero-order valence-electron chi connectivity index (χ0n) is 10.7. The normalized spacial score (nSPS) is 24.4. The van der Waals surface area contributed by atoms with Crippen LogP contribution in [0, 0.1) is 0 Å². The molecule has 1 heterocycles. The van der Waals surface area contributed by atoms with Gasteiger partial charge in [0.25, 0.3) is 0 Å². The molecule has 1 aliphatic heterocycles. The van der Waals surface area contributed by atoms with Crippen molar-refractivity contribution in [2.24, 2.45) is 0 Å². The van der Waals surface area contributed by atoms with Crippen LogP contribution in [0.1, 0.15) is 30.4 Å². The number of aliphatic hydroxyl groups is 1. The summed E-state index contributed by atoms with van der Waals surface area (Å²) in [7, 11) is 0. The molecule has 1 fully saturated rings. The maximum atomic E-state index is 12.9. The van der Waals surface area contributed by atoms with Gasteiger partial charge in [-0.1, -0.05) is 18.2 Å². The molecular weight excluding hydrogens is 255 g/mol. The second kappa shape index (κ2) is 5.92. The molecule has 106 valence electrons. The smallest absolute Gasteiger partial charge is 0.390 e. The van der Waals surface area contributed by atoms with E-state index < -0.39 is 11.7 Å². The van der Waals surface area contributed by atoms with Crippen LogP contribution < -0.4 is 4.90 Å². The van der Waals surface area contributed by atoms with Crippen LogP contribution in [-0.2, 0) is 12.7 Å². The molecule has 0 spiro atoms. The molecule has 2 nitrogen and oxygen atoms in total. The van der Waals surface area contributed by atoms with E-state index in [0.717, 1.165) is 36.8 Å². The molecule has 1 unspecified atom stereocenters. The minimum atomic E-state index is -4.31. The summed E-state index contributed by atoms with van der Waals surface area (Å²) in [6, 6.07) is 5.80. The Morgan fingerprint density at radius 3 is 2.63 bits per heavy atom. The van der Waals surface area contributed by atoms with Crippen LogP contribution in [0.4, 0.5) is 13.2 Å². The first-order valence-corrected chi connectivity index (χ1v) is 6.63. The first-order valence-electron chi connectivity index (χ1n) is 6.63. The van der Waals surface area contributed by atoms with Crippen molar-refractivity contribution >= 4 is 0 Å². The molecule has 0 aliphatic carbocycles. The Morgan fingerprint density at radius 1 is 1.21 bits per heavy atom. The SMILES string of the molecule is OC[C@H]1CCCC[NH+]1Cc1ccccc1C(F)(F)F. The van der Waals surface area contributed by atoms with E-state index in [-0.39, 0.29) is 12.6 Å². The fourth-order valence-corrected chi connectivity index (χ4v) is 2.80. The number of hydrogen-bond donors (Lipinski definition) is 2. The summed E-state index contributed by atoms with van der Waals surface area (Å²) in [5.41, 5.74) is -0.227. The Kier molecular flexibility index (Phi) is 4.47. The van der Waals surface area contributed by atoms with Crippen molar-refractivity contribution in [1.82, 2.24) is 0 Å². The Balaban J connectivity index is 2.18. The zero-order chi connectivity index (χ0) is 13.9. The summed E-state index contributed by atoms with van der Waals surface area (Å²) >= 11 is 0. The molecule has 0 amide bonds. The number of benzene rings is 1. The van der Waals surface area contributed by atoms with Gasteiger partial charge in [-0.2, -0.15) is 13.2 Å². The van der Waals surface area contributed by atoms with E-state index in [1.807, 2.05) is 0 Å². The van der Waals surface area contributed by atoms with Gasteiger partial charge in [-0.05, 0) is 18.9 Å². The van der Waals surface area contributed by atoms with Crippen LogP contribution in [0.3, 0.4) is 0 Å². The maximum absolute atomic E-state index is 12.9. The predicted octanol–water partition coefficient (Wildman–Crippen LogP) is 1.64. The minimum Gasteiger partial charge on any atom is -0.390 e. The summed E-state index contributed by atoms with van der Waals surface area (Å²) in [5, 5.41) is 9.33. The van der Waals surface area contributed by atoms with Crippen molar-refractivity contribution in [2.45, 2.75) is 38.0 Å². The lowest BCUT2D eigenvalue weighted by Crippen LogP contribution is -3.16. The quantitative estimate of drug-likeness (QED) is 0.860. The number of aliphatic hydroxyl groups excluding tert-OH is 1. The average molecular weight is 274 g/mol. The third kappa shape index (κ3) is 3.48. The summed E-state index contributed by atoms with van der Waals surface area (Å²) in [6.45, 7) is 1.21. The lowest BCUT2D eigenvalue weighted by atomic mass is 10.00. The zero-order valence-corrected chi connectivity index (χ0v) is 10.7. The fourth-order valence-electron chi connectivity index (χ4n) is 2.80. The van der Waals surface area contributed by atoms with E-state index in [1.165, 1.54) is 6.07 Å². The number of quaternary nitrogens is 1. The molecule has 2 rings (SSSR count). The van der Waals surface area contributed by atoms with Crippen LogP contribution in [0.5, 0.6) is 0 Å². The lowest BCUT2D eigenvalue weighted by molar-refractivity contribution is -0.944. The van der Waals surface area contributed by atoms with Gasteiger partial charge in [-0.15, -0.1) is 0 Å². The predicted molar refractivity (Wildman–Crippen MR) is 65.7 cm³/mol. The highest BCUT2D eigenvalue weighted by Crippen LogP contribution is 2.31. The van der Waals surface area contributed by atoms with E-state index in [4.69, 9.17) is 0 Å². The molecule has 19 heavy (non-hydrogen) atoms. The van der Waals surface area contributed by atoms with Crippen LogP contribution in [0.2, 0.25) is 0 Å². The highest BCUT2D eigenvalue weighted by molar-refractivity contribution is 5.28. The average Bonchev–Trinajstić information content (AvgIpc) is 2.39. The van der Waals surface area contributed by atoms with Crippen molar-refractivity contribution in [1.29, 1.82) is 0 Å². The second-order valence-electron chi connectivity index (χ2n) is 5.12. The number of halogens is 3. The van der Waals surface area contributed by atoms with Gasteiger partial charge in [0.2, 0.25) is 0 Å². The number of hydrogen-bond acceptors (Lipinski definition) is 1. The fraction of sp³-hybridized carbons (Fsp3) is 0.571. The number of likely N-dealkylation sites (tertiary alicyclic amines) is 1. The van der Waals surface area contributed by atoms with Gasteiger partial charge >= 0.3 is 6.18 Å².